The quantitative estimate of drug-likeness (QED) is 0.503. The first-order valence-electron chi connectivity index (χ1n) is 11.2. The molecule has 0 aliphatic carbocycles. The topological polar surface area (TPSA) is 64.9 Å². The van der Waals surface area contributed by atoms with Crippen LogP contribution in [-0.2, 0) is 4.79 Å². The molecule has 1 aliphatic rings. The normalized spacial score (nSPS) is 19.1. The Morgan fingerprint density at radius 3 is 2.45 bits per heavy atom. The van der Waals surface area contributed by atoms with Crippen LogP contribution in [0.4, 0.5) is 5.69 Å². The summed E-state index contributed by atoms with van der Waals surface area (Å²) in [5, 5.41) is 19.2. The lowest BCUT2D eigenvalue weighted by Crippen LogP contribution is -2.38. The fourth-order valence-electron chi connectivity index (χ4n) is 4.03. The highest BCUT2D eigenvalue weighted by Crippen LogP contribution is 2.35. The Bertz CT molecular complexity index is 643. The molecule has 162 valence electrons. The molecule has 0 bridgehead atoms. The molecule has 29 heavy (non-hydrogen) atoms. The number of hydrazone groups is 1. The number of aliphatic hydroxyl groups excluding tert-OH is 1. The third kappa shape index (κ3) is 7.46. The van der Waals surface area contributed by atoms with Gasteiger partial charge in [0.05, 0.1) is 11.7 Å². The second kappa shape index (κ2) is 12.0. The van der Waals surface area contributed by atoms with Crippen molar-refractivity contribution in [1.29, 1.82) is 0 Å². The van der Waals surface area contributed by atoms with Gasteiger partial charge in [0, 0.05) is 31.2 Å². The summed E-state index contributed by atoms with van der Waals surface area (Å²) in [5.41, 5.74) is 2.26. The monoisotopic (exact) mass is 401 g/mol. The molecular formula is C24H39N3O2. The zero-order valence-corrected chi connectivity index (χ0v) is 18.6. The van der Waals surface area contributed by atoms with Crippen molar-refractivity contribution in [3.8, 4) is 0 Å². The van der Waals surface area contributed by atoms with Gasteiger partial charge >= 0.3 is 0 Å². The van der Waals surface area contributed by atoms with E-state index in [2.05, 4.69) is 50.2 Å². The predicted octanol–water partition coefficient (Wildman–Crippen LogP) is 4.61. The average Bonchev–Trinajstić information content (AvgIpc) is 2.98. The summed E-state index contributed by atoms with van der Waals surface area (Å²) in [4.78, 5) is 12.7. The maximum Gasteiger partial charge on any atom is 0.220 e. The molecule has 0 spiro atoms. The number of aliphatic hydroxyl groups is 1. The Hall–Kier alpha value is -1.88. The summed E-state index contributed by atoms with van der Waals surface area (Å²) in [6.45, 7) is 9.80. The average molecular weight is 402 g/mol. The molecule has 2 unspecified atom stereocenters. The van der Waals surface area contributed by atoms with Gasteiger partial charge in [0.15, 0.2) is 0 Å². The highest BCUT2D eigenvalue weighted by molar-refractivity contribution is 5.94. The fraction of sp³-hybridized carbons (Fsp3) is 0.667. The summed E-state index contributed by atoms with van der Waals surface area (Å²) >= 11 is 0. The number of nitrogens with zero attached hydrogens (tertiary/aromatic N) is 2. The summed E-state index contributed by atoms with van der Waals surface area (Å²) in [7, 11) is 0. The second-order valence-electron chi connectivity index (χ2n) is 9.01. The van der Waals surface area contributed by atoms with Crippen molar-refractivity contribution in [3.05, 3.63) is 30.3 Å². The van der Waals surface area contributed by atoms with Crippen molar-refractivity contribution < 1.29 is 9.90 Å². The van der Waals surface area contributed by atoms with Crippen molar-refractivity contribution >= 4 is 17.3 Å². The number of hydrogen-bond acceptors (Lipinski definition) is 4. The van der Waals surface area contributed by atoms with E-state index in [1.165, 1.54) is 0 Å². The predicted molar refractivity (Wildman–Crippen MR) is 121 cm³/mol. The number of hydrogen-bond donors (Lipinski definition) is 2. The zero-order valence-electron chi connectivity index (χ0n) is 18.6. The van der Waals surface area contributed by atoms with Crippen LogP contribution in [0.3, 0.4) is 0 Å². The standard InChI is InChI=1S/C24H39N3O2/c1-18(2)15-22-21(17-24(29)25-13-9-6-10-14-28)23(16-19(3)4)27(26-22)20-11-7-5-8-12-20/h5,7-8,11-12,18-19,21,23,28H,6,9-10,13-17H2,1-4H3,(H,25,29). The van der Waals surface area contributed by atoms with Gasteiger partial charge in [-0.3, -0.25) is 9.80 Å². The van der Waals surface area contributed by atoms with Gasteiger partial charge in [-0.1, -0.05) is 45.9 Å². The van der Waals surface area contributed by atoms with Gasteiger partial charge < -0.3 is 10.4 Å². The van der Waals surface area contributed by atoms with E-state index in [-0.39, 0.29) is 24.5 Å². The number of nitrogens with one attached hydrogen (secondary N) is 1. The number of anilines is 1. The van der Waals surface area contributed by atoms with Crippen LogP contribution in [0.15, 0.2) is 35.4 Å². The first-order valence-corrected chi connectivity index (χ1v) is 11.2. The molecule has 2 rings (SSSR count). The van der Waals surface area contributed by atoms with Crippen molar-refractivity contribution in [1.82, 2.24) is 5.32 Å². The molecule has 0 fully saturated rings. The molecule has 5 nitrogen and oxygen atoms in total. The van der Waals surface area contributed by atoms with Gasteiger partial charge in [-0.2, -0.15) is 5.10 Å². The Morgan fingerprint density at radius 2 is 1.83 bits per heavy atom. The van der Waals surface area contributed by atoms with E-state index < -0.39 is 0 Å². The van der Waals surface area contributed by atoms with E-state index >= 15 is 0 Å². The van der Waals surface area contributed by atoms with E-state index in [1.54, 1.807) is 0 Å². The van der Waals surface area contributed by atoms with Crippen LogP contribution in [0.25, 0.3) is 0 Å². The lowest BCUT2D eigenvalue weighted by atomic mass is 9.83. The summed E-state index contributed by atoms with van der Waals surface area (Å²) in [6.07, 6.45) is 5.08. The van der Waals surface area contributed by atoms with E-state index in [4.69, 9.17) is 10.2 Å². The van der Waals surface area contributed by atoms with Crippen molar-refractivity contribution in [3.63, 3.8) is 0 Å². The minimum Gasteiger partial charge on any atom is -0.396 e. The van der Waals surface area contributed by atoms with E-state index in [0.29, 0.717) is 24.8 Å². The number of carbonyl (C=O) groups excluding carboxylic acids is 1. The van der Waals surface area contributed by atoms with Crippen LogP contribution in [0, 0.1) is 17.8 Å². The van der Waals surface area contributed by atoms with Crippen LogP contribution in [0.2, 0.25) is 0 Å². The van der Waals surface area contributed by atoms with Gasteiger partial charge in [-0.25, -0.2) is 0 Å². The maximum absolute atomic E-state index is 12.7. The Labute approximate surface area is 176 Å². The third-order valence-corrected chi connectivity index (χ3v) is 5.36. The van der Waals surface area contributed by atoms with Crippen LogP contribution in [0.5, 0.6) is 0 Å². The number of rotatable bonds is 12. The molecule has 0 aromatic heterocycles. The molecule has 1 aliphatic heterocycles. The molecule has 1 aromatic rings. The largest absolute Gasteiger partial charge is 0.396 e. The van der Waals surface area contributed by atoms with E-state index in [1.807, 2.05) is 18.2 Å². The molecule has 0 saturated carbocycles. The van der Waals surface area contributed by atoms with Gasteiger partial charge in [-0.15, -0.1) is 0 Å². The smallest absolute Gasteiger partial charge is 0.220 e. The molecule has 1 amide bonds. The number of carbonyl (C=O) groups is 1. The fourth-order valence-corrected chi connectivity index (χ4v) is 4.03. The highest BCUT2D eigenvalue weighted by Gasteiger charge is 2.39. The molecule has 5 heteroatoms. The van der Waals surface area contributed by atoms with Gasteiger partial charge in [-0.05, 0) is 56.1 Å². The molecule has 2 atom stereocenters. The summed E-state index contributed by atoms with van der Waals surface area (Å²) in [6, 6.07) is 10.5. The van der Waals surface area contributed by atoms with Gasteiger partial charge in [0.25, 0.3) is 0 Å². The van der Waals surface area contributed by atoms with Crippen LogP contribution in [-0.4, -0.2) is 35.9 Å². The number of amides is 1. The Morgan fingerprint density at radius 1 is 1.10 bits per heavy atom. The Balaban J connectivity index is 2.14. The van der Waals surface area contributed by atoms with Crippen LogP contribution >= 0.6 is 0 Å². The van der Waals surface area contributed by atoms with E-state index in [0.717, 1.165) is 43.5 Å². The first-order chi connectivity index (χ1) is 13.9. The maximum atomic E-state index is 12.7. The minimum atomic E-state index is 0.110. The van der Waals surface area contributed by atoms with E-state index in [9.17, 15) is 4.79 Å². The number of para-hydroxylation sites is 1. The van der Waals surface area contributed by atoms with Gasteiger partial charge in [0.2, 0.25) is 5.91 Å². The Kier molecular flexibility index (Phi) is 9.65. The second-order valence-corrected chi connectivity index (χ2v) is 9.01. The molecule has 2 N–H and O–H groups in total. The van der Waals surface area contributed by atoms with Crippen LogP contribution in [0.1, 0.15) is 66.2 Å². The zero-order chi connectivity index (χ0) is 21.2. The van der Waals surface area contributed by atoms with Crippen molar-refractivity contribution in [2.45, 2.75) is 72.3 Å². The highest BCUT2D eigenvalue weighted by atomic mass is 16.2. The number of unbranched alkanes of at least 4 members (excludes halogenated alkanes) is 2. The molecule has 0 radical (unpaired) electrons. The lowest BCUT2D eigenvalue weighted by molar-refractivity contribution is -0.121. The molecule has 1 heterocycles. The third-order valence-electron chi connectivity index (χ3n) is 5.36. The minimum absolute atomic E-state index is 0.110. The number of benzene rings is 1. The SMILES string of the molecule is CC(C)CC1=NN(c2ccccc2)C(CC(C)C)C1CC(=O)NCCCCCO. The van der Waals surface area contributed by atoms with Crippen molar-refractivity contribution in [2.75, 3.05) is 18.2 Å². The van der Waals surface area contributed by atoms with Gasteiger partial charge in [0.1, 0.15) is 0 Å². The summed E-state index contributed by atoms with van der Waals surface area (Å²) in [5.74, 6) is 1.30. The lowest BCUT2D eigenvalue weighted by Gasteiger charge is -2.29. The van der Waals surface area contributed by atoms with Crippen LogP contribution < -0.4 is 10.3 Å². The molecular weight excluding hydrogens is 362 g/mol. The first kappa shape index (κ1) is 23.4. The molecule has 0 saturated heterocycles. The summed E-state index contributed by atoms with van der Waals surface area (Å²) < 4.78 is 0. The molecule has 1 aromatic carbocycles. The van der Waals surface area contributed by atoms with Crippen molar-refractivity contribution in [2.24, 2.45) is 22.9 Å².